The van der Waals surface area contributed by atoms with Gasteiger partial charge in [0.15, 0.2) is 0 Å². The number of furan rings is 1. The molecule has 1 unspecified atom stereocenters. The molecule has 1 saturated carbocycles. The lowest BCUT2D eigenvalue weighted by atomic mass is 9.75. The molecule has 0 amide bonds. The summed E-state index contributed by atoms with van der Waals surface area (Å²) in [6, 6.07) is 3.25. The van der Waals surface area contributed by atoms with Crippen LogP contribution in [0.25, 0.3) is 0 Å². The van der Waals surface area contributed by atoms with Gasteiger partial charge < -0.3 is 19.7 Å². The van der Waals surface area contributed by atoms with Gasteiger partial charge in [-0.05, 0) is 52.4 Å². The van der Waals surface area contributed by atoms with E-state index in [-0.39, 0.29) is 17.3 Å². The maximum atomic E-state index is 10.8. The number of nitrogens with one attached hydrogen (secondary N) is 1. The highest BCUT2D eigenvalue weighted by atomic mass is 16.4. The molecule has 5 heteroatoms. The lowest BCUT2D eigenvalue weighted by Crippen LogP contribution is -2.56. The van der Waals surface area contributed by atoms with E-state index in [4.69, 9.17) is 9.52 Å². The number of aromatic carboxylic acids is 1. The van der Waals surface area contributed by atoms with Crippen LogP contribution in [0.4, 0.5) is 0 Å². The van der Waals surface area contributed by atoms with Crippen LogP contribution in [0.15, 0.2) is 16.5 Å². The van der Waals surface area contributed by atoms with Crippen LogP contribution in [0.3, 0.4) is 0 Å². The van der Waals surface area contributed by atoms with Crippen molar-refractivity contribution in [2.45, 2.75) is 37.8 Å². The Morgan fingerprint density at radius 1 is 1.53 bits per heavy atom. The summed E-state index contributed by atoms with van der Waals surface area (Å²) in [7, 11) is 4.22. The van der Waals surface area contributed by atoms with Gasteiger partial charge in [0, 0.05) is 12.1 Å². The van der Waals surface area contributed by atoms with Crippen LogP contribution in [0.1, 0.15) is 48.5 Å². The smallest absolute Gasteiger partial charge is 0.371 e. The van der Waals surface area contributed by atoms with Crippen LogP contribution in [0.2, 0.25) is 0 Å². The minimum atomic E-state index is -1.03. The Bertz CT molecular complexity index is 449. The molecule has 0 spiro atoms. The summed E-state index contributed by atoms with van der Waals surface area (Å²) in [5, 5.41) is 12.3. The summed E-state index contributed by atoms with van der Waals surface area (Å²) >= 11 is 0. The average molecular weight is 266 g/mol. The summed E-state index contributed by atoms with van der Waals surface area (Å²) < 4.78 is 5.31. The van der Waals surface area contributed by atoms with E-state index < -0.39 is 5.97 Å². The van der Waals surface area contributed by atoms with Crippen molar-refractivity contribution in [2.75, 3.05) is 20.6 Å². The molecule has 1 fully saturated rings. The third-order valence-electron chi connectivity index (χ3n) is 4.23. The van der Waals surface area contributed by atoms with Gasteiger partial charge >= 0.3 is 5.97 Å². The number of hydrogen-bond acceptors (Lipinski definition) is 4. The molecule has 19 heavy (non-hydrogen) atoms. The Kier molecular flexibility index (Phi) is 3.96. The van der Waals surface area contributed by atoms with E-state index in [1.165, 1.54) is 25.3 Å². The van der Waals surface area contributed by atoms with Crippen LogP contribution in [-0.4, -0.2) is 42.2 Å². The van der Waals surface area contributed by atoms with Gasteiger partial charge in [-0.25, -0.2) is 4.79 Å². The fraction of sp³-hybridized carbons (Fsp3) is 0.643. The normalized spacial score (nSPS) is 19.2. The van der Waals surface area contributed by atoms with Crippen molar-refractivity contribution in [3.05, 3.63) is 23.7 Å². The van der Waals surface area contributed by atoms with E-state index in [1.807, 2.05) is 6.92 Å². The first-order valence-corrected chi connectivity index (χ1v) is 6.68. The Labute approximate surface area is 113 Å². The number of hydrogen-bond donors (Lipinski definition) is 2. The third-order valence-corrected chi connectivity index (χ3v) is 4.23. The molecule has 1 atom stereocenters. The minimum absolute atomic E-state index is 0.00498. The molecule has 2 rings (SSSR count). The molecule has 106 valence electrons. The van der Waals surface area contributed by atoms with Gasteiger partial charge in [0.05, 0.1) is 6.04 Å². The SMILES string of the molecule is CC(NCC1(N(C)C)CCC1)c1ccc(C(=O)O)o1. The van der Waals surface area contributed by atoms with Crippen LogP contribution in [0, 0.1) is 0 Å². The zero-order valence-corrected chi connectivity index (χ0v) is 11.8. The molecule has 1 aromatic heterocycles. The van der Waals surface area contributed by atoms with Crippen LogP contribution in [0.5, 0.6) is 0 Å². The number of nitrogens with zero attached hydrogens (tertiary/aromatic N) is 1. The van der Waals surface area contributed by atoms with E-state index in [0.717, 1.165) is 6.54 Å². The quantitative estimate of drug-likeness (QED) is 0.825. The number of carbonyl (C=O) groups is 1. The number of carboxylic acid groups (broad SMARTS) is 1. The molecular formula is C14H22N2O3. The number of carboxylic acids is 1. The second kappa shape index (κ2) is 5.35. The highest BCUT2D eigenvalue weighted by Gasteiger charge is 2.39. The number of rotatable bonds is 6. The molecule has 1 aliphatic carbocycles. The topological polar surface area (TPSA) is 65.7 Å². The molecule has 0 bridgehead atoms. The Balaban J connectivity index is 1.93. The van der Waals surface area contributed by atoms with Crippen molar-refractivity contribution in [1.29, 1.82) is 0 Å². The van der Waals surface area contributed by atoms with E-state index in [9.17, 15) is 4.79 Å². The van der Waals surface area contributed by atoms with Crippen LogP contribution < -0.4 is 5.32 Å². The molecule has 0 radical (unpaired) electrons. The van der Waals surface area contributed by atoms with Crippen molar-refractivity contribution in [3.8, 4) is 0 Å². The average Bonchev–Trinajstić information content (AvgIpc) is 2.75. The van der Waals surface area contributed by atoms with E-state index in [0.29, 0.717) is 5.76 Å². The predicted molar refractivity (Wildman–Crippen MR) is 72.4 cm³/mol. The molecule has 0 aliphatic heterocycles. The molecule has 1 aliphatic rings. The summed E-state index contributed by atoms with van der Waals surface area (Å²) in [6.07, 6.45) is 3.69. The van der Waals surface area contributed by atoms with Crippen molar-refractivity contribution in [2.24, 2.45) is 0 Å². The Morgan fingerprint density at radius 3 is 2.63 bits per heavy atom. The van der Waals surface area contributed by atoms with E-state index in [2.05, 4.69) is 24.3 Å². The zero-order chi connectivity index (χ0) is 14.0. The van der Waals surface area contributed by atoms with Gasteiger partial charge in [0.1, 0.15) is 5.76 Å². The Hall–Kier alpha value is -1.33. The van der Waals surface area contributed by atoms with Crippen molar-refractivity contribution >= 4 is 5.97 Å². The molecule has 5 nitrogen and oxygen atoms in total. The summed E-state index contributed by atoms with van der Waals surface area (Å²) in [4.78, 5) is 13.1. The van der Waals surface area contributed by atoms with Crippen LogP contribution in [-0.2, 0) is 0 Å². The highest BCUT2D eigenvalue weighted by Crippen LogP contribution is 2.36. The van der Waals surface area contributed by atoms with Gasteiger partial charge in [-0.3, -0.25) is 0 Å². The van der Waals surface area contributed by atoms with Crippen molar-refractivity contribution in [1.82, 2.24) is 10.2 Å². The van der Waals surface area contributed by atoms with Crippen LogP contribution >= 0.6 is 0 Å². The molecule has 1 aromatic rings. The summed E-state index contributed by atoms with van der Waals surface area (Å²) in [5.74, 6) is -0.359. The Morgan fingerprint density at radius 2 is 2.21 bits per heavy atom. The molecule has 0 aromatic carbocycles. The van der Waals surface area contributed by atoms with Gasteiger partial charge in [0.25, 0.3) is 0 Å². The van der Waals surface area contributed by atoms with Gasteiger partial charge in [-0.15, -0.1) is 0 Å². The first kappa shape index (κ1) is 14.1. The third kappa shape index (κ3) is 2.82. The largest absolute Gasteiger partial charge is 0.475 e. The number of likely N-dealkylation sites (N-methyl/N-ethyl adjacent to an activating group) is 1. The van der Waals surface area contributed by atoms with Crippen molar-refractivity contribution < 1.29 is 14.3 Å². The van der Waals surface area contributed by atoms with E-state index >= 15 is 0 Å². The first-order valence-electron chi connectivity index (χ1n) is 6.68. The molecular weight excluding hydrogens is 244 g/mol. The molecule has 0 saturated heterocycles. The highest BCUT2D eigenvalue weighted by molar-refractivity contribution is 5.84. The summed E-state index contributed by atoms with van der Waals surface area (Å²) in [6.45, 7) is 2.89. The second-order valence-corrected chi connectivity index (χ2v) is 5.58. The summed E-state index contributed by atoms with van der Waals surface area (Å²) in [5.41, 5.74) is 0.247. The lowest BCUT2D eigenvalue weighted by molar-refractivity contribution is 0.0565. The zero-order valence-electron chi connectivity index (χ0n) is 11.8. The maximum absolute atomic E-state index is 10.8. The maximum Gasteiger partial charge on any atom is 0.371 e. The van der Waals surface area contributed by atoms with Gasteiger partial charge in [-0.2, -0.15) is 0 Å². The fourth-order valence-corrected chi connectivity index (χ4v) is 2.51. The van der Waals surface area contributed by atoms with Crippen molar-refractivity contribution in [3.63, 3.8) is 0 Å². The monoisotopic (exact) mass is 266 g/mol. The standard InChI is InChI=1S/C14H22N2O3/c1-10(11-5-6-12(19-11)13(17)18)15-9-14(16(2)3)7-4-8-14/h5-6,10,15H,4,7-9H2,1-3H3,(H,17,18). The van der Waals surface area contributed by atoms with Gasteiger partial charge in [-0.1, -0.05) is 0 Å². The lowest BCUT2D eigenvalue weighted by Gasteiger charge is -2.48. The first-order chi connectivity index (χ1) is 8.94. The van der Waals surface area contributed by atoms with Gasteiger partial charge in [0.2, 0.25) is 5.76 Å². The second-order valence-electron chi connectivity index (χ2n) is 5.58. The molecule has 2 N–H and O–H groups in total. The fourth-order valence-electron chi connectivity index (χ4n) is 2.51. The molecule has 1 heterocycles. The van der Waals surface area contributed by atoms with E-state index in [1.54, 1.807) is 6.07 Å². The predicted octanol–water partition coefficient (Wildman–Crippen LogP) is 2.11. The minimum Gasteiger partial charge on any atom is -0.475 e.